The highest BCUT2D eigenvalue weighted by atomic mass is 16.5. The van der Waals surface area contributed by atoms with Crippen molar-refractivity contribution in [1.29, 1.82) is 0 Å². The van der Waals surface area contributed by atoms with Crippen LogP contribution in [0.1, 0.15) is 37.7 Å². The number of pyridine rings is 1. The molecule has 3 aromatic heterocycles. The molecule has 4 heterocycles. The first-order valence-electron chi connectivity index (χ1n) is 7.35. The van der Waals surface area contributed by atoms with Gasteiger partial charge in [0.1, 0.15) is 23.1 Å². The largest absolute Gasteiger partial charge is 0.385 e. The molecule has 1 aliphatic rings. The number of aromatic amines is 1. The molecule has 6 heteroatoms. The molecule has 1 saturated heterocycles. The van der Waals surface area contributed by atoms with Crippen LogP contribution in [-0.4, -0.2) is 37.8 Å². The van der Waals surface area contributed by atoms with Crippen LogP contribution < -0.4 is 0 Å². The van der Waals surface area contributed by atoms with Crippen molar-refractivity contribution in [3.63, 3.8) is 0 Å². The lowest BCUT2D eigenvalue weighted by Crippen LogP contribution is -2.23. The van der Waals surface area contributed by atoms with Gasteiger partial charge in [0.15, 0.2) is 0 Å². The van der Waals surface area contributed by atoms with Crippen molar-refractivity contribution in [1.82, 2.24) is 19.5 Å². The van der Waals surface area contributed by atoms with Crippen LogP contribution in [0.3, 0.4) is 0 Å². The van der Waals surface area contributed by atoms with E-state index in [1.54, 1.807) is 13.1 Å². The van der Waals surface area contributed by atoms with Crippen LogP contribution in [0.15, 0.2) is 18.5 Å². The number of nitrogens with zero attached hydrogens (tertiary/aromatic N) is 3. The van der Waals surface area contributed by atoms with E-state index in [4.69, 9.17) is 4.74 Å². The summed E-state index contributed by atoms with van der Waals surface area (Å²) >= 11 is 0. The molecule has 0 bridgehead atoms. The van der Waals surface area contributed by atoms with E-state index in [-0.39, 0.29) is 6.04 Å². The molecule has 0 aromatic carbocycles. The molecule has 1 fully saturated rings. The topological polar surface area (TPSA) is 76.0 Å². The zero-order chi connectivity index (χ0) is 14.4. The van der Waals surface area contributed by atoms with E-state index in [1.807, 2.05) is 12.3 Å². The minimum atomic E-state index is -0.617. The van der Waals surface area contributed by atoms with E-state index >= 15 is 0 Å². The maximum atomic E-state index is 10.1. The smallest absolute Gasteiger partial charge is 0.139 e. The first-order valence-corrected chi connectivity index (χ1v) is 7.35. The number of aliphatic hydroxyl groups excluding tert-OH is 1. The Hall–Kier alpha value is -1.92. The normalized spacial score (nSPS) is 21.1. The number of H-pyrrole nitrogens is 1. The van der Waals surface area contributed by atoms with Crippen LogP contribution in [0.25, 0.3) is 22.1 Å². The molecule has 110 valence electrons. The minimum Gasteiger partial charge on any atom is -0.385 e. The lowest BCUT2D eigenvalue weighted by Gasteiger charge is -2.26. The molecule has 0 spiro atoms. The van der Waals surface area contributed by atoms with Crippen molar-refractivity contribution in [2.45, 2.75) is 31.9 Å². The average Bonchev–Trinajstić information content (AvgIpc) is 3.11. The quantitative estimate of drug-likeness (QED) is 0.758. The Balaban J connectivity index is 2.03. The fourth-order valence-corrected chi connectivity index (χ4v) is 3.20. The number of hydrogen-bond donors (Lipinski definition) is 2. The summed E-state index contributed by atoms with van der Waals surface area (Å²) < 4.78 is 7.78. The number of aromatic nitrogens is 4. The lowest BCUT2D eigenvalue weighted by atomic mass is 10.1. The van der Waals surface area contributed by atoms with Gasteiger partial charge in [-0.1, -0.05) is 0 Å². The molecule has 21 heavy (non-hydrogen) atoms. The summed E-state index contributed by atoms with van der Waals surface area (Å²) in [5.74, 6) is 0.691. The highest BCUT2D eigenvalue weighted by molar-refractivity contribution is 6.01. The van der Waals surface area contributed by atoms with Gasteiger partial charge >= 0.3 is 0 Å². The maximum absolute atomic E-state index is 10.1. The van der Waals surface area contributed by atoms with E-state index in [0.717, 1.165) is 41.5 Å². The van der Waals surface area contributed by atoms with Crippen molar-refractivity contribution in [2.75, 3.05) is 13.2 Å². The Morgan fingerprint density at radius 2 is 2.43 bits per heavy atom. The highest BCUT2D eigenvalue weighted by Crippen LogP contribution is 2.32. The Kier molecular flexibility index (Phi) is 2.94. The molecule has 0 amide bonds. The Bertz CT molecular complexity index is 784. The maximum Gasteiger partial charge on any atom is 0.139 e. The van der Waals surface area contributed by atoms with Crippen LogP contribution in [0.5, 0.6) is 0 Å². The van der Waals surface area contributed by atoms with Gasteiger partial charge in [0.05, 0.1) is 24.4 Å². The lowest BCUT2D eigenvalue weighted by molar-refractivity contribution is 0.0565. The van der Waals surface area contributed by atoms with Gasteiger partial charge in [0, 0.05) is 18.2 Å². The Morgan fingerprint density at radius 3 is 3.19 bits per heavy atom. The zero-order valence-electron chi connectivity index (χ0n) is 11.9. The molecule has 2 atom stereocenters. The Morgan fingerprint density at radius 1 is 1.52 bits per heavy atom. The van der Waals surface area contributed by atoms with E-state index in [2.05, 4.69) is 19.5 Å². The second-order valence-corrected chi connectivity index (χ2v) is 5.62. The monoisotopic (exact) mass is 286 g/mol. The van der Waals surface area contributed by atoms with Gasteiger partial charge in [-0.2, -0.15) is 0 Å². The molecule has 1 unspecified atom stereocenters. The number of nitrogens with one attached hydrogen (secondary N) is 1. The van der Waals surface area contributed by atoms with Gasteiger partial charge in [-0.05, 0) is 25.8 Å². The SMILES string of the molecule is CC(O)c1nc2cnc3[nH]ccc3c2n1[C@H]1CCCOC1. The van der Waals surface area contributed by atoms with Gasteiger partial charge in [-0.25, -0.2) is 9.97 Å². The van der Waals surface area contributed by atoms with Crippen LogP contribution in [0, 0.1) is 0 Å². The van der Waals surface area contributed by atoms with Gasteiger partial charge in [-0.3, -0.25) is 0 Å². The van der Waals surface area contributed by atoms with Crippen molar-refractivity contribution in [2.24, 2.45) is 0 Å². The molecule has 6 nitrogen and oxygen atoms in total. The number of rotatable bonds is 2. The van der Waals surface area contributed by atoms with Crippen LogP contribution in [0.2, 0.25) is 0 Å². The highest BCUT2D eigenvalue weighted by Gasteiger charge is 2.25. The van der Waals surface area contributed by atoms with Crippen LogP contribution in [-0.2, 0) is 4.74 Å². The van der Waals surface area contributed by atoms with E-state index in [9.17, 15) is 5.11 Å². The molecule has 2 N–H and O–H groups in total. The van der Waals surface area contributed by atoms with Crippen molar-refractivity contribution >= 4 is 22.1 Å². The van der Waals surface area contributed by atoms with E-state index < -0.39 is 6.10 Å². The summed E-state index contributed by atoms with van der Waals surface area (Å²) in [6.07, 6.45) is 5.10. The molecule has 3 aromatic rings. The third kappa shape index (κ3) is 1.94. The Labute approximate surface area is 121 Å². The van der Waals surface area contributed by atoms with Crippen molar-refractivity contribution < 1.29 is 9.84 Å². The standard InChI is InChI=1S/C15H18N4O2/c1-9(20)15-18-12-7-17-14-11(4-5-16-14)13(12)19(15)10-3-2-6-21-8-10/h4-5,7,9-10,20H,2-3,6,8H2,1H3,(H,16,17)/t9?,10-/m0/s1. The fourth-order valence-electron chi connectivity index (χ4n) is 3.20. The minimum absolute atomic E-state index is 0.217. The second kappa shape index (κ2) is 4.82. The van der Waals surface area contributed by atoms with Crippen molar-refractivity contribution in [3.05, 3.63) is 24.3 Å². The zero-order valence-corrected chi connectivity index (χ0v) is 11.9. The summed E-state index contributed by atoms with van der Waals surface area (Å²) in [4.78, 5) is 12.1. The molecular formula is C15H18N4O2. The molecule has 0 radical (unpaired) electrons. The van der Waals surface area contributed by atoms with Gasteiger partial charge in [0.2, 0.25) is 0 Å². The van der Waals surface area contributed by atoms with E-state index in [1.165, 1.54) is 0 Å². The van der Waals surface area contributed by atoms with Gasteiger partial charge in [0.25, 0.3) is 0 Å². The van der Waals surface area contributed by atoms with E-state index in [0.29, 0.717) is 12.4 Å². The molecule has 0 aliphatic carbocycles. The van der Waals surface area contributed by atoms with Crippen LogP contribution in [0.4, 0.5) is 0 Å². The average molecular weight is 286 g/mol. The molecule has 1 aliphatic heterocycles. The van der Waals surface area contributed by atoms with Crippen LogP contribution >= 0.6 is 0 Å². The molecule has 4 rings (SSSR count). The summed E-state index contributed by atoms with van der Waals surface area (Å²) in [7, 11) is 0. The predicted molar refractivity (Wildman–Crippen MR) is 79.1 cm³/mol. The van der Waals surface area contributed by atoms with Gasteiger partial charge in [-0.15, -0.1) is 0 Å². The fraction of sp³-hybridized carbons (Fsp3) is 0.467. The summed E-state index contributed by atoms with van der Waals surface area (Å²) in [6.45, 7) is 3.23. The molecular weight excluding hydrogens is 268 g/mol. The predicted octanol–water partition coefficient (Wildman–Crippen LogP) is 2.32. The summed E-state index contributed by atoms with van der Waals surface area (Å²) in [5, 5.41) is 11.1. The second-order valence-electron chi connectivity index (χ2n) is 5.62. The van der Waals surface area contributed by atoms with Gasteiger partial charge < -0.3 is 19.4 Å². The molecule has 0 saturated carbocycles. The number of fused-ring (bicyclic) bond motifs is 3. The van der Waals surface area contributed by atoms with Crippen molar-refractivity contribution in [3.8, 4) is 0 Å². The number of imidazole rings is 1. The number of hydrogen-bond acceptors (Lipinski definition) is 4. The third-order valence-electron chi connectivity index (χ3n) is 4.14. The number of aliphatic hydroxyl groups is 1. The number of ether oxygens (including phenoxy) is 1. The summed E-state index contributed by atoms with van der Waals surface area (Å²) in [5.41, 5.74) is 2.70. The third-order valence-corrected chi connectivity index (χ3v) is 4.14. The first-order chi connectivity index (χ1) is 10.3. The summed E-state index contributed by atoms with van der Waals surface area (Å²) in [6, 6.07) is 2.23. The first kappa shape index (κ1) is 12.8.